The van der Waals surface area contributed by atoms with Crippen LogP contribution in [0.4, 0.5) is 0 Å². The maximum absolute atomic E-state index is 11.4. The molecular weight excluding hydrogens is 250 g/mol. The third kappa shape index (κ3) is 1.55. The molecule has 4 saturated carbocycles. The summed E-state index contributed by atoms with van der Waals surface area (Å²) in [5.74, 6) is 1.90. The molecule has 0 radical (unpaired) electrons. The predicted octanol–water partition coefficient (Wildman–Crippen LogP) is 3.50. The highest BCUT2D eigenvalue weighted by molar-refractivity contribution is 5.89. The Balaban J connectivity index is 1.81. The van der Waals surface area contributed by atoms with Crippen molar-refractivity contribution < 1.29 is 9.90 Å². The number of nitrogens with zero attached hydrogens (tertiary/aromatic N) is 1. The highest BCUT2D eigenvalue weighted by atomic mass is 16.4. The van der Waals surface area contributed by atoms with Gasteiger partial charge in [-0.15, -0.1) is 0 Å². The van der Waals surface area contributed by atoms with E-state index in [0.29, 0.717) is 5.56 Å². The molecule has 108 valence electrons. The summed E-state index contributed by atoms with van der Waals surface area (Å²) in [5, 5.41) is 9.37. The van der Waals surface area contributed by atoms with Crippen molar-refractivity contribution in [3.8, 4) is 0 Å². The second-order valence-electron chi connectivity index (χ2n) is 7.59. The Morgan fingerprint density at radius 3 is 2.10 bits per heavy atom. The van der Waals surface area contributed by atoms with E-state index in [1.807, 2.05) is 13.0 Å². The topological polar surface area (TPSA) is 42.2 Å². The lowest BCUT2D eigenvalue weighted by Crippen LogP contribution is -2.49. The van der Waals surface area contributed by atoms with Gasteiger partial charge in [0.15, 0.2) is 0 Å². The molecule has 0 saturated heterocycles. The molecule has 20 heavy (non-hydrogen) atoms. The summed E-state index contributed by atoms with van der Waals surface area (Å²) in [6, 6.07) is 1.98. The summed E-state index contributed by atoms with van der Waals surface area (Å²) < 4.78 is 2.16. The summed E-state index contributed by atoms with van der Waals surface area (Å²) in [5.41, 5.74) is 2.98. The van der Waals surface area contributed by atoms with Crippen LogP contribution in [-0.4, -0.2) is 15.6 Å². The van der Waals surface area contributed by atoms with Crippen LogP contribution in [0.2, 0.25) is 0 Å². The fraction of sp³-hybridized carbons (Fsp3) is 0.706. The molecule has 4 bridgehead atoms. The molecule has 3 heteroatoms. The van der Waals surface area contributed by atoms with Crippen LogP contribution in [0.3, 0.4) is 0 Å². The molecule has 4 fully saturated rings. The summed E-state index contributed by atoms with van der Waals surface area (Å²) in [6.45, 7) is 1.94. The van der Waals surface area contributed by atoms with Gasteiger partial charge in [0.1, 0.15) is 0 Å². The Morgan fingerprint density at radius 1 is 1.20 bits per heavy atom. The van der Waals surface area contributed by atoms with Gasteiger partial charge in [-0.25, -0.2) is 4.79 Å². The van der Waals surface area contributed by atoms with Crippen molar-refractivity contribution in [2.75, 3.05) is 0 Å². The lowest BCUT2D eigenvalue weighted by molar-refractivity contribution is -0.00848. The minimum Gasteiger partial charge on any atom is -0.478 e. The van der Waals surface area contributed by atoms with Crippen molar-refractivity contribution in [1.82, 2.24) is 4.57 Å². The largest absolute Gasteiger partial charge is 0.478 e. The zero-order valence-electron chi connectivity index (χ0n) is 12.4. The van der Waals surface area contributed by atoms with Gasteiger partial charge < -0.3 is 9.67 Å². The molecule has 4 aliphatic carbocycles. The summed E-state index contributed by atoms with van der Waals surface area (Å²) in [6.07, 6.45) is 8.14. The van der Waals surface area contributed by atoms with Gasteiger partial charge in [0.05, 0.1) is 5.56 Å². The molecule has 0 atom stereocenters. The average Bonchev–Trinajstić information content (AvgIpc) is 2.65. The minimum absolute atomic E-state index is 0.280. The minimum atomic E-state index is -0.783. The van der Waals surface area contributed by atoms with E-state index in [0.717, 1.165) is 23.4 Å². The molecular formula is C17H23NO2. The van der Waals surface area contributed by atoms with Gasteiger partial charge in [0.25, 0.3) is 0 Å². The quantitative estimate of drug-likeness (QED) is 0.896. The Kier molecular flexibility index (Phi) is 2.43. The molecule has 4 aliphatic rings. The van der Waals surface area contributed by atoms with Gasteiger partial charge in [0, 0.05) is 23.9 Å². The van der Waals surface area contributed by atoms with E-state index in [1.165, 1.54) is 44.2 Å². The first-order valence-electron chi connectivity index (χ1n) is 7.88. The molecule has 1 aromatic heterocycles. The lowest BCUT2D eigenvalue weighted by atomic mass is 9.49. The second kappa shape index (κ2) is 3.90. The van der Waals surface area contributed by atoms with E-state index >= 15 is 0 Å². The van der Waals surface area contributed by atoms with E-state index < -0.39 is 5.97 Å². The normalized spacial score (nSPS) is 38.4. The smallest absolute Gasteiger partial charge is 0.337 e. The zero-order chi connectivity index (χ0) is 14.1. The van der Waals surface area contributed by atoms with Crippen molar-refractivity contribution in [3.05, 3.63) is 23.0 Å². The first kappa shape index (κ1) is 12.5. The average molecular weight is 273 g/mol. The summed E-state index contributed by atoms with van der Waals surface area (Å²) >= 11 is 0. The maximum atomic E-state index is 11.4. The first-order valence-corrected chi connectivity index (χ1v) is 7.88. The van der Waals surface area contributed by atoms with Crippen molar-refractivity contribution in [2.45, 2.75) is 50.9 Å². The molecule has 1 heterocycles. The van der Waals surface area contributed by atoms with Gasteiger partial charge in [-0.3, -0.25) is 0 Å². The number of aromatic nitrogens is 1. The van der Waals surface area contributed by atoms with Crippen LogP contribution in [0.15, 0.2) is 6.07 Å². The van der Waals surface area contributed by atoms with Gasteiger partial charge in [-0.05, 0) is 69.3 Å². The molecule has 0 unspecified atom stereocenters. The molecule has 5 rings (SSSR count). The number of hydrogen-bond acceptors (Lipinski definition) is 1. The third-order valence-electron chi connectivity index (χ3n) is 6.35. The molecule has 1 N–H and O–H groups in total. The first-order chi connectivity index (χ1) is 9.48. The molecule has 3 nitrogen and oxygen atoms in total. The van der Waals surface area contributed by atoms with Gasteiger partial charge >= 0.3 is 5.97 Å². The Bertz CT molecular complexity index is 549. The van der Waals surface area contributed by atoms with Crippen molar-refractivity contribution in [1.29, 1.82) is 0 Å². The zero-order valence-corrected chi connectivity index (χ0v) is 12.4. The summed E-state index contributed by atoms with van der Waals surface area (Å²) in [4.78, 5) is 11.4. The molecule has 0 aliphatic heterocycles. The third-order valence-corrected chi connectivity index (χ3v) is 6.35. The second-order valence-corrected chi connectivity index (χ2v) is 7.59. The van der Waals surface area contributed by atoms with Crippen molar-refractivity contribution in [3.63, 3.8) is 0 Å². The predicted molar refractivity (Wildman–Crippen MR) is 77.0 cm³/mol. The number of aromatic carboxylic acids is 1. The van der Waals surface area contributed by atoms with Crippen LogP contribution < -0.4 is 0 Å². The number of rotatable bonds is 2. The van der Waals surface area contributed by atoms with Gasteiger partial charge in [0.2, 0.25) is 0 Å². The molecule has 1 aromatic rings. The van der Waals surface area contributed by atoms with Crippen LogP contribution in [0, 0.1) is 24.7 Å². The fourth-order valence-corrected chi connectivity index (χ4v) is 5.85. The highest BCUT2D eigenvalue weighted by Gasteiger charge is 2.52. The van der Waals surface area contributed by atoms with Crippen LogP contribution in [0.1, 0.15) is 60.3 Å². The van der Waals surface area contributed by atoms with Crippen LogP contribution in [-0.2, 0) is 12.5 Å². The number of hydrogen-bond donors (Lipinski definition) is 1. The standard InChI is InChI=1S/C17H23NO2/c1-10-14(16(19)20)6-15(18(10)2)17-7-11-3-12(8-17)5-13(4-11)9-17/h6,11-13H,3-5,7-9H2,1-2H3,(H,19,20). The molecule has 0 aromatic carbocycles. The van der Waals surface area contributed by atoms with Crippen molar-refractivity contribution in [2.24, 2.45) is 24.8 Å². The highest BCUT2D eigenvalue weighted by Crippen LogP contribution is 2.60. The van der Waals surface area contributed by atoms with Gasteiger partial charge in [-0.2, -0.15) is 0 Å². The number of carboxylic acid groups (broad SMARTS) is 1. The number of carbonyl (C=O) groups is 1. The Morgan fingerprint density at radius 2 is 1.70 bits per heavy atom. The summed E-state index contributed by atoms with van der Waals surface area (Å²) in [7, 11) is 2.05. The van der Waals surface area contributed by atoms with Crippen LogP contribution in [0.5, 0.6) is 0 Å². The maximum Gasteiger partial charge on any atom is 0.337 e. The van der Waals surface area contributed by atoms with E-state index in [4.69, 9.17) is 0 Å². The Labute approximate surface area is 120 Å². The van der Waals surface area contributed by atoms with E-state index in [-0.39, 0.29) is 5.41 Å². The van der Waals surface area contributed by atoms with E-state index in [2.05, 4.69) is 11.6 Å². The molecule has 0 amide bonds. The fourth-order valence-electron chi connectivity index (χ4n) is 5.85. The van der Waals surface area contributed by atoms with E-state index in [1.54, 1.807) is 0 Å². The monoisotopic (exact) mass is 273 g/mol. The molecule has 0 spiro atoms. The Hall–Kier alpha value is -1.25. The lowest BCUT2D eigenvalue weighted by Gasteiger charge is -2.57. The van der Waals surface area contributed by atoms with E-state index in [9.17, 15) is 9.90 Å². The van der Waals surface area contributed by atoms with Crippen LogP contribution >= 0.6 is 0 Å². The van der Waals surface area contributed by atoms with Crippen molar-refractivity contribution >= 4 is 5.97 Å². The number of carboxylic acids is 1. The SMILES string of the molecule is Cc1c(C(=O)O)cc(C23CC4CC(CC(C4)C2)C3)n1C. The van der Waals surface area contributed by atoms with Crippen LogP contribution in [0.25, 0.3) is 0 Å². The van der Waals surface area contributed by atoms with Gasteiger partial charge in [-0.1, -0.05) is 0 Å².